The van der Waals surface area contributed by atoms with Crippen LogP contribution in [-0.2, 0) is 4.79 Å². The van der Waals surface area contributed by atoms with Crippen LogP contribution in [0.15, 0.2) is 24.3 Å². The number of hydrogen-bond acceptors (Lipinski definition) is 4. The van der Waals surface area contributed by atoms with Crippen LogP contribution in [0.3, 0.4) is 0 Å². The van der Waals surface area contributed by atoms with E-state index >= 15 is 0 Å². The van der Waals surface area contributed by atoms with Gasteiger partial charge in [0.15, 0.2) is 0 Å². The minimum absolute atomic E-state index is 0.0558. The number of carboxylic acids is 1. The van der Waals surface area contributed by atoms with Crippen molar-refractivity contribution in [2.45, 2.75) is 19.4 Å². The highest BCUT2D eigenvalue weighted by Gasteiger charge is 2.15. The topological polar surface area (TPSA) is 92.5 Å². The highest BCUT2D eigenvalue weighted by molar-refractivity contribution is 5.69. The summed E-state index contributed by atoms with van der Waals surface area (Å²) in [6.07, 6.45) is -0.0912. The molecular formula is C10H12N2O4. The maximum Gasteiger partial charge on any atom is 0.305 e. The molecule has 6 nitrogen and oxygen atoms in total. The molecule has 0 saturated carbocycles. The third-order valence-electron chi connectivity index (χ3n) is 1.98. The van der Waals surface area contributed by atoms with E-state index in [-0.39, 0.29) is 18.2 Å². The van der Waals surface area contributed by atoms with Crippen molar-refractivity contribution in [3.63, 3.8) is 0 Å². The zero-order chi connectivity index (χ0) is 12.1. The lowest BCUT2D eigenvalue weighted by Crippen LogP contribution is -2.19. The molecule has 1 aromatic rings. The molecule has 86 valence electrons. The van der Waals surface area contributed by atoms with E-state index in [9.17, 15) is 14.9 Å². The summed E-state index contributed by atoms with van der Waals surface area (Å²) in [5.74, 6) is -0.946. The van der Waals surface area contributed by atoms with E-state index in [4.69, 9.17) is 5.11 Å². The number of anilines is 1. The summed E-state index contributed by atoms with van der Waals surface area (Å²) < 4.78 is 0. The van der Waals surface area contributed by atoms with E-state index in [1.807, 2.05) is 0 Å². The number of benzene rings is 1. The van der Waals surface area contributed by atoms with Gasteiger partial charge in [0.2, 0.25) is 0 Å². The maximum atomic E-state index is 10.7. The third-order valence-corrected chi connectivity index (χ3v) is 1.98. The first-order chi connectivity index (χ1) is 7.50. The fourth-order valence-electron chi connectivity index (χ4n) is 1.33. The number of nitro benzene ring substituents is 1. The largest absolute Gasteiger partial charge is 0.481 e. The summed E-state index contributed by atoms with van der Waals surface area (Å²) >= 11 is 0. The fourth-order valence-corrected chi connectivity index (χ4v) is 1.33. The number of aliphatic carboxylic acids is 1. The number of carboxylic acid groups (broad SMARTS) is 1. The number of para-hydroxylation sites is 2. The molecule has 2 N–H and O–H groups in total. The first kappa shape index (κ1) is 12.0. The van der Waals surface area contributed by atoms with Gasteiger partial charge in [-0.15, -0.1) is 0 Å². The second-order valence-electron chi connectivity index (χ2n) is 3.42. The molecule has 0 radical (unpaired) electrons. The van der Waals surface area contributed by atoms with Crippen LogP contribution in [0.25, 0.3) is 0 Å². The predicted molar refractivity (Wildman–Crippen MR) is 58.4 cm³/mol. The van der Waals surface area contributed by atoms with Gasteiger partial charge in [-0.1, -0.05) is 12.1 Å². The van der Waals surface area contributed by atoms with Crippen LogP contribution in [0, 0.1) is 10.1 Å². The highest BCUT2D eigenvalue weighted by atomic mass is 16.6. The third kappa shape index (κ3) is 3.23. The van der Waals surface area contributed by atoms with E-state index in [0.29, 0.717) is 5.69 Å². The fraction of sp³-hybridized carbons (Fsp3) is 0.300. The van der Waals surface area contributed by atoms with Crippen LogP contribution < -0.4 is 5.32 Å². The molecule has 0 bridgehead atoms. The van der Waals surface area contributed by atoms with Gasteiger partial charge in [-0.2, -0.15) is 0 Å². The number of hydrogen-bond donors (Lipinski definition) is 2. The standard InChI is InChI=1S/C10H12N2O4/c1-7(6-10(13)14)11-8-4-2-3-5-9(8)12(15)16/h2-5,7,11H,6H2,1H3,(H,13,14). The normalized spacial score (nSPS) is 11.8. The first-order valence-corrected chi connectivity index (χ1v) is 4.72. The zero-order valence-electron chi connectivity index (χ0n) is 8.71. The number of nitrogens with zero attached hydrogens (tertiary/aromatic N) is 1. The van der Waals surface area contributed by atoms with Gasteiger partial charge in [0, 0.05) is 12.1 Å². The van der Waals surface area contributed by atoms with Gasteiger partial charge in [-0.3, -0.25) is 14.9 Å². The number of nitrogens with one attached hydrogen (secondary N) is 1. The molecule has 0 aliphatic heterocycles. The van der Waals surface area contributed by atoms with Crippen LogP contribution in [-0.4, -0.2) is 22.0 Å². The van der Waals surface area contributed by atoms with Crippen molar-refractivity contribution >= 4 is 17.3 Å². The van der Waals surface area contributed by atoms with Crippen LogP contribution in [0.5, 0.6) is 0 Å². The Morgan fingerprint density at radius 2 is 2.19 bits per heavy atom. The maximum absolute atomic E-state index is 10.7. The Hall–Kier alpha value is -2.11. The highest BCUT2D eigenvalue weighted by Crippen LogP contribution is 2.24. The second-order valence-corrected chi connectivity index (χ2v) is 3.42. The van der Waals surface area contributed by atoms with Crippen molar-refractivity contribution in [1.29, 1.82) is 0 Å². The van der Waals surface area contributed by atoms with Crippen molar-refractivity contribution in [2.24, 2.45) is 0 Å². The number of nitro groups is 1. The average molecular weight is 224 g/mol. The summed E-state index contributed by atoms with van der Waals surface area (Å²) in [5, 5.41) is 22.0. The van der Waals surface area contributed by atoms with E-state index in [2.05, 4.69) is 5.32 Å². The SMILES string of the molecule is CC(CC(=O)O)Nc1ccccc1[N+](=O)[O-]. The monoisotopic (exact) mass is 224 g/mol. The predicted octanol–water partition coefficient (Wildman–Crippen LogP) is 1.87. The Bertz CT molecular complexity index is 406. The molecule has 0 aliphatic carbocycles. The number of carbonyl (C=O) groups is 1. The summed E-state index contributed by atoms with van der Waals surface area (Å²) in [5.41, 5.74) is 0.279. The van der Waals surface area contributed by atoms with Crippen LogP contribution in [0.1, 0.15) is 13.3 Å². The molecule has 0 heterocycles. The quantitative estimate of drug-likeness (QED) is 0.588. The van der Waals surface area contributed by atoms with E-state index in [1.54, 1.807) is 25.1 Å². The van der Waals surface area contributed by atoms with Gasteiger partial charge in [0.25, 0.3) is 5.69 Å². The van der Waals surface area contributed by atoms with Gasteiger partial charge in [0.05, 0.1) is 11.3 Å². The van der Waals surface area contributed by atoms with E-state index in [0.717, 1.165) is 0 Å². The molecule has 0 fully saturated rings. The Balaban J connectivity index is 2.80. The van der Waals surface area contributed by atoms with Gasteiger partial charge in [-0.25, -0.2) is 0 Å². The van der Waals surface area contributed by atoms with Gasteiger partial charge >= 0.3 is 5.97 Å². The Morgan fingerprint density at radius 3 is 2.75 bits per heavy atom. The molecule has 1 rings (SSSR count). The summed E-state index contributed by atoms with van der Waals surface area (Å²) in [7, 11) is 0. The average Bonchev–Trinajstić information content (AvgIpc) is 2.16. The smallest absolute Gasteiger partial charge is 0.305 e. The van der Waals surface area contributed by atoms with Crippen LogP contribution in [0.4, 0.5) is 11.4 Å². The van der Waals surface area contributed by atoms with Crippen molar-refractivity contribution < 1.29 is 14.8 Å². The number of rotatable bonds is 5. The molecule has 6 heteroatoms. The lowest BCUT2D eigenvalue weighted by atomic mass is 10.2. The van der Waals surface area contributed by atoms with Crippen LogP contribution in [0.2, 0.25) is 0 Å². The Morgan fingerprint density at radius 1 is 1.56 bits per heavy atom. The summed E-state index contributed by atoms with van der Waals surface area (Å²) in [6.45, 7) is 1.66. The van der Waals surface area contributed by atoms with E-state index in [1.165, 1.54) is 6.07 Å². The van der Waals surface area contributed by atoms with Crippen molar-refractivity contribution in [3.8, 4) is 0 Å². The van der Waals surface area contributed by atoms with Gasteiger partial charge in [0.1, 0.15) is 5.69 Å². The van der Waals surface area contributed by atoms with Gasteiger partial charge in [-0.05, 0) is 13.0 Å². The lowest BCUT2D eigenvalue weighted by Gasteiger charge is -2.12. The molecular weight excluding hydrogens is 212 g/mol. The molecule has 0 amide bonds. The molecule has 0 spiro atoms. The first-order valence-electron chi connectivity index (χ1n) is 4.72. The summed E-state index contributed by atoms with van der Waals surface area (Å²) in [6, 6.07) is 5.78. The van der Waals surface area contributed by atoms with Crippen molar-refractivity contribution in [2.75, 3.05) is 5.32 Å². The van der Waals surface area contributed by atoms with Crippen LogP contribution >= 0.6 is 0 Å². The summed E-state index contributed by atoms with van der Waals surface area (Å²) in [4.78, 5) is 20.6. The zero-order valence-corrected chi connectivity index (χ0v) is 8.71. The molecule has 0 aromatic heterocycles. The molecule has 1 atom stereocenters. The second kappa shape index (κ2) is 5.11. The molecule has 16 heavy (non-hydrogen) atoms. The Labute approximate surface area is 92.0 Å². The molecule has 0 aliphatic rings. The molecule has 0 saturated heterocycles. The lowest BCUT2D eigenvalue weighted by molar-refractivity contribution is -0.384. The van der Waals surface area contributed by atoms with Crippen molar-refractivity contribution in [3.05, 3.63) is 34.4 Å². The van der Waals surface area contributed by atoms with E-state index < -0.39 is 10.9 Å². The minimum Gasteiger partial charge on any atom is -0.481 e. The molecule has 1 unspecified atom stereocenters. The van der Waals surface area contributed by atoms with Gasteiger partial charge < -0.3 is 10.4 Å². The minimum atomic E-state index is -0.946. The van der Waals surface area contributed by atoms with Crippen molar-refractivity contribution in [1.82, 2.24) is 0 Å². The molecule has 1 aromatic carbocycles. The Kier molecular flexibility index (Phi) is 3.82.